The molecule has 0 bridgehead atoms. The number of nitrogens with one attached hydrogen (secondary N) is 2. The van der Waals surface area contributed by atoms with Crippen molar-refractivity contribution in [1.82, 2.24) is 10.6 Å². The molecule has 0 fully saturated rings. The van der Waals surface area contributed by atoms with Crippen LogP contribution in [0.1, 0.15) is 25.0 Å². The maximum Gasteiger partial charge on any atom is 0.191 e. The van der Waals surface area contributed by atoms with Crippen molar-refractivity contribution in [1.29, 1.82) is 0 Å². The normalized spacial score (nSPS) is 12.7. The molecule has 0 aliphatic carbocycles. The largest absolute Gasteiger partial charge is 0.491 e. The lowest BCUT2D eigenvalue weighted by Gasteiger charge is -2.17. The van der Waals surface area contributed by atoms with Crippen LogP contribution in [0.15, 0.2) is 58.4 Å². The van der Waals surface area contributed by atoms with E-state index in [0.717, 1.165) is 16.2 Å². The Morgan fingerprint density at radius 1 is 1.15 bits per heavy atom. The van der Waals surface area contributed by atoms with E-state index >= 15 is 0 Å². The first-order valence-electron chi connectivity index (χ1n) is 9.13. The van der Waals surface area contributed by atoms with Gasteiger partial charge in [0.25, 0.3) is 0 Å². The molecule has 5 nitrogen and oxygen atoms in total. The second kappa shape index (κ2) is 10.7. The van der Waals surface area contributed by atoms with Crippen LogP contribution >= 0.6 is 0 Å². The van der Waals surface area contributed by atoms with Gasteiger partial charge in [0.2, 0.25) is 0 Å². The van der Waals surface area contributed by atoms with Crippen molar-refractivity contribution in [3.63, 3.8) is 0 Å². The minimum Gasteiger partial charge on any atom is -0.491 e. The van der Waals surface area contributed by atoms with Crippen LogP contribution in [0.4, 0.5) is 0 Å². The van der Waals surface area contributed by atoms with E-state index in [1.165, 1.54) is 5.56 Å². The van der Waals surface area contributed by atoms with Crippen LogP contribution in [0.3, 0.4) is 0 Å². The number of aliphatic imine (C=N–C) groups is 1. The van der Waals surface area contributed by atoms with Crippen molar-refractivity contribution in [3.8, 4) is 5.75 Å². The van der Waals surface area contributed by atoms with Gasteiger partial charge in [-0.05, 0) is 44.5 Å². The fourth-order valence-corrected chi connectivity index (χ4v) is 3.51. The second-order valence-electron chi connectivity index (χ2n) is 6.49. The highest BCUT2D eigenvalue weighted by Gasteiger charge is 2.08. The Morgan fingerprint density at radius 3 is 2.56 bits per heavy atom. The molecule has 146 valence electrons. The molecule has 0 radical (unpaired) electrons. The van der Waals surface area contributed by atoms with Crippen LogP contribution in [-0.4, -0.2) is 35.6 Å². The zero-order chi connectivity index (χ0) is 19.6. The van der Waals surface area contributed by atoms with Gasteiger partial charge in [-0.15, -0.1) is 0 Å². The Hall–Kier alpha value is -2.34. The summed E-state index contributed by atoms with van der Waals surface area (Å²) in [5, 5.41) is 6.51. The molecule has 0 saturated carbocycles. The summed E-state index contributed by atoms with van der Waals surface area (Å²) in [5.74, 6) is 2.09. The van der Waals surface area contributed by atoms with Crippen LogP contribution in [-0.2, 0) is 17.3 Å². The molecule has 0 spiro atoms. The minimum atomic E-state index is -1.02. The molecule has 0 saturated heterocycles. The summed E-state index contributed by atoms with van der Waals surface area (Å²) in [4.78, 5) is 5.08. The van der Waals surface area contributed by atoms with Crippen LogP contribution < -0.4 is 15.4 Å². The summed E-state index contributed by atoms with van der Waals surface area (Å²) in [6, 6.07) is 15.7. The number of guanidine groups is 1. The quantitative estimate of drug-likeness (QED) is 0.539. The standard InChI is InChI=1S/C21H29N3O2S/c1-16(2)26-20-14-17(3)10-11-18(20)15-24-21(22-4)23-12-13-27(25)19-8-6-5-7-9-19/h5-11,14,16H,12-13,15H2,1-4H3,(H2,22,23,24). The summed E-state index contributed by atoms with van der Waals surface area (Å²) in [6.07, 6.45) is 0.121. The lowest BCUT2D eigenvalue weighted by molar-refractivity contribution is 0.239. The molecule has 0 aromatic heterocycles. The van der Waals surface area contributed by atoms with Crippen molar-refractivity contribution in [2.45, 2.75) is 38.3 Å². The third-order valence-electron chi connectivity index (χ3n) is 3.84. The van der Waals surface area contributed by atoms with Crippen molar-refractivity contribution < 1.29 is 8.95 Å². The molecular formula is C21H29N3O2S. The smallest absolute Gasteiger partial charge is 0.191 e. The van der Waals surface area contributed by atoms with Gasteiger partial charge in [0.15, 0.2) is 5.96 Å². The highest BCUT2D eigenvalue weighted by atomic mass is 32.2. The molecule has 1 unspecified atom stereocenters. The van der Waals surface area contributed by atoms with E-state index in [0.29, 0.717) is 24.8 Å². The number of nitrogens with zero attached hydrogens (tertiary/aromatic N) is 1. The highest BCUT2D eigenvalue weighted by molar-refractivity contribution is 7.85. The van der Waals surface area contributed by atoms with E-state index in [2.05, 4.69) is 40.7 Å². The third kappa shape index (κ3) is 7.06. The summed E-state index contributed by atoms with van der Waals surface area (Å²) in [7, 11) is 0.706. The molecule has 0 aliphatic rings. The lowest BCUT2D eigenvalue weighted by atomic mass is 10.1. The highest BCUT2D eigenvalue weighted by Crippen LogP contribution is 2.21. The first kappa shape index (κ1) is 21.0. The van der Waals surface area contributed by atoms with Gasteiger partial charge in [0.1, 0.15) is 5.75 Å². The zero-order valence-corrected chi connectivity index (χ0v) is 17.3. The molecule has 0 amide bonds. The average molecular weight is 388 g/mol. The third-order valence-corrected chi connectivity index (χ3v) is 5.21. The molecule has 2 aromatic carbocycles. The minimum absolute atomic E-state index is 0.121. The van der Waals surface area contributed by atoms with Crippen molar-refractivity contribution >= 4 is 16.8 Å². The average Bonchev–Trinajstić information content (AvgIpc) is 2.65. The second-order valence-corrected chi connectivity index (χ2v) is 8.06. The van der Waals surface area contributed by atoms with Gasteiger partial charge >= 0.3 is 0 Å². The number of hydrogen-bond donors (Lipinski definition) is 2. The molecule has 1 atom stereocenters. The predicted molar refractivity (Wildman–Crippen MR) is 113 cm³/mol. The molecule has 6 heteroatoms. The van der Waals surface area contributed by atoms with E-state index in [1.54, 1.807) is 7.05 Å². The Morgan fingerprint density at radius 2 is 1.89 bits per heavy atom. The van der Waals surface area contributed by atoms with Gasteiger partial charge < -0.3 is 15.4 Å². The molecular weight excluding hydrogens is 358 g/mol. The maximum absolute atomic E-state index is 12.3. The van der Waals surface area contributed by atoms with Gasteiger partial charge in [0.05, 0.1) is 16.9 Å². The van der Waals surface area contributed by atoms with Gasteiger partial charge in [-0.3, -0.25) is 9.20 Å². The Labute approximate surface area is 164 Å². The first-order valence-corrected chi connectivity index (χ1v) is 10.5. The van der Waals surface area contributed by atoms with E-state index in [4.69, 9.17) is 4.74 Å². The van der Waals surface area contributed by atoms with Crippen LogP contribution in [0.25, 0.3) is 0 Å². The number of rotatable bonds is 8. The van der Waals surface area contributed by atoms with Crippen molar-refractivity contribution in [3.05, 3.63) is 59.7 Å². The summed E-state index contributed by atoms with van der Waals surface area (Å²) >= 11 is 0. The summed E-state index contributed by atoms with van der Waals surface area (Å²) in [6.45, 7) is 7.27. The Bertz CT molecular complexity index is 776. The fraction of sp³-hybridized carbons (Fsp3) is 0.381. The number of aryl methyl sites for hydroxylation is 1. The molecule has 27 heavy (non-hydrogen) atoms. The lowest BCUT2D eigenvalue weighted by Crippen LogP contribution is -2.38. The maximum atomic E-state index is 12.3. The van der Waals surface area contributed by atoms with Gasteiger partial charge in [-0.1, -0.05) is 30.3 Å². The monoisotopic (exact) mass is 387 g/mol. The molecule has 2 rings (SSSR count). The van der Waals surface area contributed by atoms with E-state index in [9.17, 15) is 4.21 Å². The van der Waals surface area contributed by atoms with Gasteiger partial charge in [-0.2, -0.15) is 0 Å². The Balaban J connectivity index is 1.86. The van der Waals surface area contributed by atoms with E-state index in [1.807, 2.05) is 44.2 Å². The molecule has 2 N–H and O–H groups in total. The SMILES string of the molecule is CN=C(NCCS(=O)c1ccccc1)NCc1ccc(C)cc1OC(C)C. The molecule has 0 aliphatic heterocycles. The molecule has 0 heterocycles. The van der Waals surface area contributed by atoms with Crippen LogP contribution in [0, 0.1) is 6.92 Å². The predicted octanol–water partition coefficient (Wildman–Crippen LogP) is 3.26. The van der Waals surface area contributed by atoms with Gasteiger partial charge in [-0.25, -0.2) is 0 Å². The zero-order valence-electron chi connectivity index (χ0n) is 16.5. The number of ether oxygens (including phenoxy) is 1. The van der Waals surface area contributed by atoms with Gasteiger partial charge in [0, 0.05) is 36.3 Å². The van der Waals surface area contributed by atoms with E-state index in [-0.39, 0.29) is 6.10 Å². The van der Waals surface area contributed by atoms with Crippen molar-refractivity contribution in [2.75, 3.05) is 19.3 Å². The summed E-state index contributed by atoms with van der Waals surface area (Å²) in [5.41, 5.74) is 2.24. The Kier molecular flexibility index (Phi) is 8.33. The fourth-order valence-electron chi connectivity index (χ4n) is 2.52. The first-order chi connectivity index (χ1) is 13.0. The number of benzene rings is 2. The number of hydrogen-bond acceptors (Lipinski definition) is 3. The van der Waals surface area contributed by atoms with Crippen LogP contribution in [0.2, 0.25) is 0 Å². The van der Waals surface area contributed by atoms with E-state index < -0.39 is 10.8 Å². The topological polar surface area (TPSA) is 62.7 Å². The van der Waals surface area contributed by atoms with Crippen LogP contribution in [0.5, 0.6) is 5.75 Å². The summed E-state index contributed by atoms with van der Waals surface area (Å²) < 4.78 is 18.2. The van der Waals surface area contributed by atoms with Crippen molar-refractivity contribution in [2.24, 2.45) is 4.99 Å². The molecule has 2 aromatic rings.